The first-order valence-corrected chi connectivity index (χ1v) is 14.3. The van der Waals surface area contributed by atoms with E-state index in [4.69, 9.17) is 20.4 Å². The number of nitrogens with two attached hydrogens (primary N) is 1. The summed E-state index contributed by atoms with van der Waals surface area (Å²) in [5.41, 5.74) is 9.43. The lowest BCUT2D eigenvalue weighted by Crippen LogP contribution is -2.50. The van der Waals surface area contributed by atoms with Crippen molar-refractivity contribution in [3.8, 4) is 5.75 Å². The number of amides is 1. The molecule has 0 aliphatic rings. The van der Waals surface area contributed by atoms with Gasteiger partial charge in [-0.3, -0.25) is 4.79 Å². The molecule has 5 N–H and O–H groups in total. The summed E-state index contributed by atoms with van der Waals surface area (Å²) in [6, 6.07) is 25.8. The fourth-order valence-electron chi connectivity index (χ4n) is 4.71. The highest BCUT2D eigenvalue weighted by atomic mass is 19.4. The molecular formula is C33H35F3N6O4. The standard InChI is InChI=1S/C31H34N6O2.C2HF3O2/c1-31(2,32)30(38)34-27(18-23-19-33-26-15-8-7-14-25(23)26)29-36-35-28(17-21-10-5-4-6-11-21)37(29)20-22-12-9-13-24(16-22)39-3;3-2(4,5)1(6)7/h4-16,19,27,33H,17-18,20,32H2,1-3H3,(H,34,38);(H,6,7)/t27-;/m1./s1. The molecule has 1 amide bonds. The van der Waals surface area contributed by atoms with E-state index in [1.165, 1.54) is 0 Å². The zero-order valence-electron chi connectivity index (χ0n) is 25.5. The Morgan fingerprint density at radius 3 is 2.30 bits per heavy atom. The van der Waals surface area contributed by atoms with Crippen LogP contribution in [-0.4, -0.2) is 55.6 Å². The van der Waals surface area contributed by atoms with E-state index < -0.39 is 23.7 Å². The molecule has 2 heterocycles. The predicted octanol–water partition coefficient (Wildman–Crippen LogP) is 5.18. The second-order valence-corrected chi connectivity index (χ2v) is 11.2. The maximum Gasteiger partial charge on any atom is 0.490 e. The molecule has 2 aromatic heterocycles. The van der Waals surface area contributed by atoms with Crippen LogP contribution in [0.5, 0.6) is 5.75 Å². The third-order valence-corrected chi connectivity index (χ3v) is 7.08. The van der Waals surface area contributed by atoms with Crippen LogP contribution in [0.15, 0.2) is 85.1 Å². The molecule has 242 valence electrons. The predicted molar refractivity (Wildman–Crippen MR) is 166 cm³/mol. The topological polar surface area (TPSA) is 148 Å². The zero-order valence-corrected chi connectivity index (χ0v) is 25.5. The van der Waals surface area contributed by atoms with Crippen molar-refractivity contribution in [2.75, 3.05) is 7.11 Å². The molecule has 0 radical (unpaired) electrons. The quantitative estimate of drug-likeness (QED) is 0.165. The van der Waals surface area contributed by atoms with E-state index in [9.17, 15) is 18.0 Å². The molecule has 0 aliphatic carbocycles. The number of nitrogens with one attached hydrogen (secondary N) is 2. The molecule has 1 atom stereocenters. The summed E-state index contributed by atoms with van der Waals surface area (Å²) >= 11 is 0. The molecular weight excluding hydrogens is 601 g/mol. The maximum atomic E-state index is 13.2. The van der Waals surface area contributed by atoms with Crippen molar-refractivity contribution in [1.82, 2.24) is 25.1 Å². The molecule has 0 spiro atoms. The number of hydrogen-bond acceptors (Lipinski definition) is 6. The van der Waals surface area contributed by atoms with Gasteiger partial charge in [-0.1, -0.05) is 60.7 Å². The highest BCUT2D eigenvalue weighted by molar-refractivity contribution is 5.86. The Labute approximate surface area is 263 Å². The molecule has 5 aromatic rings. The molecule has 0 saturated carbocycles. The van der Waals surface area contributed by atoms with Crippen molar-refractivity contribution >= 4 is 22.8 Å². The number of carbonyl (C=O) groups is 2. The number of fused-ring (bicyclic) bond motifs is 1. The normalized spacial score (nSPS) is 12.2. The van der Waals surface area contributed by atoms with Gasteiger partial charge in [0, 0.05) is 29.9 Å². The van der Waals surface area contributed by atoms with Crippen LogP contribution < -0.4 is 15.8 Å². The van der Waals surface area contributed by atoms with Crippen LogP contribution in [0, 0.1) is 0 Å². The molecule has 5 rings (SSSR count). The number of nitrogens with zero attached hydrogens (tertiary/aromatic N) is 3. The number of para-hydroxylation sites is 1. The highest BCUT2D eigenvalue weighted by Crippen LogP contribution is 2.26. The Morgan fingerprint density at radius 2 is 1.65 bits per heavy atom. The molecule has 0 saturated heterocycles. The van der Waals surface area contributed by atoms with Gasteiger partial charge in [0.05, 0.1) is 25.2 Å². The number of halogens is 3. The van der Waals surface area contributed by atoms with E-state index in [0.29, 0.717) is 25.2 Å². The van der Waals surface area contributed by atoms with E-state index >= 15 is 0 Å². The second-order valence-electron chi connectivity index (χ2n) is 11.2. The summed E-state index contributed by atoms with van der Waals surface area (Å²) in [6.45, 7) is 3.92. The number of rotatable bonds is 10. The summed E-state index contributed by atoms with van der Waals surface area (Å²) in [4.78, 5) is 25.4. The number of ether oxygens (including phenoxy) is 1. The Balaban J connectivity index is 0.000000617. The Hall–Kier alpha value is -5.17. The molecule has 0 bridgehead atoms. The van der Waals surface area contributed by atoms with Crippen molar-refractivity contribution in [1.29, 1.82) is 0 Å². The lowest BCUT2D eigenvalue weighted by molar-refractivity contribution is -0.192. The first-order chi connectivity index (χ1) is 21.8. The SMILES string of the molecule is COc1cccc(Cn2c(Cc3ccccc3)nnc2[C@@H](Cc2c[nH]c3ccccc23)NC(=O)C(C)(C)N)c1.O=C(O)C(F)(F)F. The average molecular weight is 637 g/mol. The number of carboxylic acids is 1. The minimum absolute atomic E-state index is 0.257. The number of aromatic nitrogens is 4. The van der Waals surface area contributed by atoms with Crippen LogP contribution in [0.25, 0.3) is 10.9 Å². The van der Waals surface area contributed by atoms with Crippen molar-refractivity contribution in [2.24, 2.45) is 5.73 Å². The van der Waals surface area contributed by atoms with Crippen LogP contribution in [0.3, 0.4) is 0 Å². The van der Waals surface area contributed by atoms with Gasteiger partial charge in [0.15, 0.2) is 5.82 Å². The molecule has 3 aromatic carbocycles. The summed E-state index contributed by atoms with van der Waals surface area (Å²) in [5.74, 6) is -0.753. The summed E-state index contributed by atoms with van der Waals surface area (Å²) in [7, 11) is 1.66. The van der Waals surface area contributed by atoms with Crippen LogP contribution in [0.2, 0.25) is 0 Å². The Kier molecular flexibility index (Phi) is 10.5. The number of hydrogen-bond donors (Lipinski definition) is 4. The number of aromatic amines is 1. The molecule has 0 fully saturated rings. The second kappa shape index (κ2) is 14.3. The monoisotopic (exact) mass is 636 g/mol. The Morgan fingerprint density at radius 1 is 1.00 bits per heavy atom. The number of carboxylic acid groups (broad SMARTS) is 1. The van der Waals surface area contributed by atoms with Crippen LogP contribution in [-0.2, 0) is 29.0 Å². The van der Waals surface area contributed by atoms with Crippen molar-refractivity contribution in [3.63, 3.8) is 0 Å². The first kappa shape index (κ1) is 33.7. The number of benzene rings is 3. The van der Waals surface area contributed by atoms with Gasteiger partial charge < -0.3 is 30.4 Å². The third-order valence-electron chi connectivity index (χ3n) is 7.08. The number of methoxy groups -OCH3 is 1. The van der Waals surface area contributed by atoms with Crippen LogP contribution in [0.1, 0.15) is 48.2 Å². The van der Waals surface area contributed by atoms with E-state index in [-0.39, 0.29) is 5.91 Å². The molecule has 10 nitrogen and oxygen atoms in total. The lowest BCUT2D eigenvalue weighted by Gasteiger charge is -2.25. The molecule has 0 unspecified atom stereocenters. The number of aliphatic carboxylic acids is 1. The highest BCUT2D eigenvalue weighted by Gasteiger charge is 2.38. The van der Waals surface area contributed by atoms with E-state index in [0.717, 1.165) is 39.2 Å². The third kappa shape index (κ3) is 8.72. The molecule has 46 heavy (non-hydrogen) atoms. The lowest BCUT2D eigenvalue weighted by atomic mass is 10.0. The van der Waals surface area contributed by atoms with Gasteiger partial charge in [-0.15, -0.1) is 10.2 Å². The van der Waals surface area contributed by atoms with Gasteiger partial charge in [-0.25, -0.2) is 4.79 Å². The summed E-state index contributed by atoms with van der Waals surface area (Å²) in [6.07, 6.45) is -1.97. The van der Waals surface area contributed by atoms with Gasteiger partial charge >= 0.3 is 12.1 Å². The van der Waals surface area contributed by atoms with E-state index in [1.807, 2.05) is 60.8 Å². The minimum Gasteiger partial charge on any atom is -0.497 e. The Bertz CT molecular complexity index is 1780. The number of carbonyl (C=O) groups excluding carboxylic acids is 1. The maximum absolute atomic E-state index is 13.2. The van der Waals surface area contributed by atoms with Crippen LogP contribution >= 0.6 is 0 Å². The van der Waals surface area contributed by atoms with Crippen LogP contribution in [0.4, 0.5) is 13.2 Å². The minimum atomic E-state index is -5.08. The number of alkyl halides is 3. The zero-order chi connectivity index (χ0) is 33.5. The van der Waals surface area contributed by atoms with Gasteiger partial charge in [-0.2, -0.15) is 13.2 Å². The van der Waals surface area contributed by atoms with Gasteiger partial charge in [0.25, 0.3) is 0 Å². The van der Waals surface area contributed by atoms with Gasteiger partial charge in [0.2, 0.25) is 5.91 Å². The molecule has 0 aliphatic heterocycles. The smallest absolute Gasteiger partial charge is 0.490 e. The summed E-state index contributed by atoms with van der Waals surface area (Å²) in [5, 5.41) is 20.7. The van der Waals surface area contributed by atoms with Gasteiger partial charge in [-0.05, 0) is 48.7 Å². The van der Waals surface area contributed by atoms with E-state index in [1.54, 1.807) is 21.0 Å². The molecule has 13 heteroatoms. The van der Waals surface area contributed by atoms with Crippen molar-refractivity contribution in [3.05, 3.63) is 113 Å². The first-order valence-electron chi connectivity index (χ1n) is 14.3. The fourth-order valence-corrected chi connectivity index (χ4v) is 4.71. The average Bonchev–Trinajstić information content (AvgIpc) is 3.60. The largest absolute Gasteiger partial charge is 0.497 e. The van der Waals surface area contributed by atoms with Crippen molar-refractivity contribution < 1.29 is 32.6 Å². The van der Waals surface area contributed by atoms with Crippen molar-refractivity contribution in [2.45, 2.75) is 51.0 Å². The number of H-pyrrole nitrogens is 1. The van der Waals surface area contributed by atoms with E-state index in [2.05, 4.69) is 49.3 Å². The summed E-state index contributed by atoms with van der Waals surface area (Å²) < 4.78 is 39.3. The van der Waals surface area contributed by atoms with Gasteiger partial charge in [0.1, 0.15) is 11.6 Å². The fraction of sp³-hybridized carbons (Fsp3) is 0.273.